The van der Waals surface area contributed by atoms with Gasteiger partial charge in [0.1, 0.15) is 0 Å². The first kappa shape index (κ1) is 26.7. The molecule has 0 spiro atoms. The third-order valence-electron chi connectivity index (χ3n) is 11.3. The van der Waals surface area contributed by atoms with E-state index in [1.54, 1.807) is 19.8 Å². The van der Waals surface area contributed by atoms with Gasteiger partial charge in [-0.25, -0.2) is 0 Å². The maximum atomic E-state index is 6.24. The predicted molar refractivity (Wildman–Crippen MR) is 141 cm³/mol. The number of hydrogen-bond donors (Lipinski definition) is 0. The van der Waals surface area contributed by atoms with Crippen molar-refractivity contribution in [3.05, 3.63) is 11.6 Å². The van der Waals surface area contributed by atoms with Crippen LogP contribution in [0.1, 0.15) is 105 Å². The first-order chi connectivity index (χ1) is 16.2. The van der Waals surface area contributed by atoms with Crippen molar-refractivity contribution in [1.82, 2.24) is 0 Å². The molecule has 34 heavy (non-hydrogen) atoms. The Morgan fingerprint density at radius 2 is 1.71 bits per heavy atom. The van der Waals surface area contributed by atoms with Crippen LogP contribution in [0, 0.1) is 46.3 Å². The Balaban J connectivity index is 1.41. The van der Waals surface area contributed by atoms with Crippen molar-refractivity contribution in [3.63, 3.8) is 0 Å². The smallest absolute Gasteiger partial charge is 0.180 e. The zero-order chi connectivity index (χ0) is 24.5. The fourth-order valence-electron chi connectivity index (χ4n) is 9.24. The molecule has 0 amide bonds. The van der Waals surface area contributed by atoms with Crippen LogP contribution in [0.2, 0.25) is 0 Å². The summed E-state index contributed by atoms with van der Waals surface area (Å²) >= 11 is 0. The summed E-state index contributed by atoms with van der Waals surface area (Å²) < 4.78 is 16.9. The summed E-state index contributed by atoms with van der Waals surface area (Å²) in [6.45, 7) is 13.2. The van der Waals surface area contributed by atoms with E-state index in [4.69, 9.17) is 14.2 Å². The molecule has 0 heterocycles. The van der Waals surface area contributed by atoms with Gasteiger partial charge < -0.3 is 14.2 Å². The average Bonchev–Trinajstić information content (AvgIpc) is 3.16. The Bertz CT molecular complexity index is 697. The van der Waals surface area contributed by atoms with Gasteiger partial charge in [-0.05, 0) is 97.7 Å². The van der Waals surface area contributed by atoms with Crippen LogP contribution in [0.15, 0.2) is 11.6 Å². The molecule has 4 aliphatic rings. The number of ether oxygens (including phenoxy) is 3. The SMILES string of the molecule is COC(CO[C@H]1CC[C@@]2(C)C(=CC[C@H]3[C@@H]4CC[C@H]([C@H](C)CCCC(C)C)[C@@]4(C)CC[C@@H]32)C1)OC. The Morgan fingerprint density at radius 1 is 0.941 bits per heavy atom. The van der Waals surface area contributed by atoms with E-state index < -0.39 is 0 Å². The molecule has 4 rings (SSSR count). The lowest BCUT2D eigenvalue weighted by Crippen LogP contribution is -2.51. The maximum Gasteiger partial charge on any atom is 0.180 e. The van der Waals surface area contributed by atoms with Crippen LogP contribution in [0.4, 0.5) is 0 Å². The van der Waals surface area contributed by atoms with Crippen molar-refractivity contribution in [2.24, 2.45) is 46.3 Å². The quantitative estimate of drug-likeness (QED) is 0.237. The monoisotopic (exact) mass is 474 g/mol. The highest BCUT2D eigenvalue weighted by atomic mass is 16.7. The Labute approximate surface area is 210 Å². The van der Waals surface area contributed by atoms with Crippen LogP contribution < -0.4 is 0 Å². The molecule has 3 saturated carbocycles. The van der Waals surface area contributed by atoms with E-state index in [2.05, 4.69) is 40.7 Å². The van der Waals surface area contributed by atoms with E-state index in [0.717, 1.165) is 41.9 Å². The molecule has 0 bridgehead atoms. The molecule has 0 aromatic rings. The number of allylic oxidation sites excluding steroid dienone is 1. The fourth-order valence-corrected chi connectivity index (χ4v) is 9.24. The van der Waals surface area contributed by atoms with Crippen molar-refractivity contribution >= 4 is 0 Å². The summed E-state index contributed by atoms with van der Waals surface area (Å²) in [5.41, 5.74) is 2.68. The second-order valence-electron chi connectivity index (χ2n) is 13.4. The number of fused-ring (bicyclic) bond motifs is 5. The van der Waals surface area contributed by atoms with Crippen molar-refractivity contribution in [3.8, 4) is 0 Å². The van der Waals surface area contributed by atoms with Crippen LogP contribution in [0.3, 0.4) is 0 Å². The average molecular weight is 475 g/mol. The highest BCUT2D eigenvalue weighted by Crippen LogP contribution is 2.67. The Hall–Kier alpha value is -0.380. The van der Waals surface area contributed by atoms with Crippen molar-refractivity contribution in [1.29, 1.82) is 0 Å². The van der Waals surface area contributed by atoms with E-state index in [-0.39, 0.29) is 6.29 Å². The van der Waals surface area contributed by atoms with Gasteiger partial charge in [0.15, 0.2) is 6.29 Å². The molecule has 8 atom stereocenters. The largest absolute Gasteiger partial charge is 0.373 e. The van der Waals surface area contributed by atoms with Crippen LogP contribution in [-0.2, 0) is 14.2 Å². The van der Waals surface area contributed by atoms with Crippen molar-refractivity contribution < 1.29 is 14.2 Å². The molecule has 3 fully saturated rings. The van der Waals surface area contributed by atoms with Gasteiger partial charge in [0.05, 0.1) is 12.7 Å². The predicted octanol–water partition coefficient (Wildman–Crippen LogP) is 8.03. The zero-order valence-corrected chi connectivity index (χ0v) is 23.4. The molecule has 0 aromatic carbocycles. The summed E-state index contributed by atoms with van der Waals surface area (Å²) in [4.78, 5) is 0. The summed E-state index contributed by atoms with van der Waals surface area (Å²) in [6.07, 6.45) is 17.8. The molecule has 3 heteroatoms. The van der Waals surface area contributed by atoms with Crippen LogP contribution in [-0.4, -0.2) is 33.2 Å². The lowest BCUT2D eigenvalue weighted by atomic mass is 9.47. The molecule has 0 N–H and O–H groups in total. The minimum absolute atomic E-state index is 0.253. The zero-order valence-electron chi connectivity index (χ0n) is 23.4. The molecule has 0 unspecified atom stereocenters. The number of methoxy groups -OCH3 is 2. The van der Waals surface area contributed by atoms with Crippen LogP contribution >= 0.6 is 0 Å². The normalized spacial score (nSPS) is 40.6. The van der Waals surface area contributed by atoms with Gasteiger partial charge in [-0.15, -0.1) is 0 Å². The minimum Gasteiger partial charge on any atom is -0.373 e. The molecular formula is C31H54O3. The molecule has 196 valence electrons. The second kappa shape index (κ2) is 10.9. The highest BCUT2D eigenvalue weighted by Gasteiger charge is 2.59. The summed E-state index contributed by atoms with van der Waals surface area (Å²) in [5, 5.41) is 0. The Kier molecular flexibility index (Phi) is 8.58. The standard InChI is InChI=1S/C31H54O3/c1-21(2)9-8-10-22(3)26-13-14-27-25-12-11-23-19-24(34-20-29(32-6)33-7)15-17-30(23,4)28(25)16-18-31(26,27)5/h11,21-22,24-29H,8-10,12-20H2,1-7H3/t22-,24+,25+,26-,27+,28+,30+,31-/m1/s1. The van der Waals surface area contributed by atoms with Gasteiger partial charge in [-0.3, -0.25) is 0 Å². The molecular weight excluding hydrogens is 420 g/mol. The molecule has 0 aliphatic heterocycles. The third-order valence-corrected chi connectivity index (χ3v) is 11.3. The molecule has 4 aliphatic carbocycles. The van der Waals surface area contributed by atoms with E-state index in [1.807, 2.05) is 0 Å². The van der Waals surface area contributed by atoms with Crippen LogP contribution in [0.25, 0.3) is 0 Å². The summed E-state index contributed by atoms with van der Waals surface area (Å²) in [5.74, 6) is 5.42. The van der Waals surface area contributed by atoms with Crippen molar-refractivity contribution in [2.45, 2.75) is 118 Å². The maximum absolute atomic E-state index is 6.24. The number of hydrogen-bond acceptors (Lipinski definition) is 3. The lowest BCUT2D eigenvalue weighted by Gasteiger charge is -2.58. The van der Waals surface area contributed by atoms with Gasteiger partial charge in [0.25, 0.3) is 0 Å². The fraction of sp³-hybridized carbons (Fsp3) is 0.935. The van der Waals surface area contributed by atoms with Crippen LogP contribution in [0.5, 0.6) is 0 Å². The van der Waals surface area contributed by atoms with Gasteiger partial charge >= 0.3 is 0 Å². The Morgan fingerprint density at radius 3 is 2.41 bits per heavy atom. The van der Waals surface area contributed by atoms with Gasteiger partial charge in [0.2, 0.25) is 0 Å². The van der Waals surface area contributed by atoms with Crippen molar-refractivity contribution in [2.75, 3.05) is 20.8 Å². The van der Waals surface area contributed by atoms with Gasteiger partial charge in [0, 0.05) is 14.2 Å². The van der Waals surface area contributed by atoms with E-state index in [0.29, 0.717) is 23.5 Å². The van der Waals surface area contributed by atoms with E-state index in [1.165, 1.54) is 64.2 Å². The molecule has 0 radical (unpaired) electrons. The minimum atomic E-state index is -0.253. The third kappa shape index (κ3) is 5.05. The van der Waals surface area contributed by atoms with Gasteiger partial charge in [-0.2, -0.15) is 0 Å². The first-order valence-corrected chi connectivity index (χ1v) is 14.6. The summed E-state index contributed by atoms with van der Waals surface area (Å²) in [6, 6.07) is 0. The molecule has 0 saturated heterocycles. The molecule has 3 nitrogen and oxygen atoms in total. The highest BCUT2D eigenvalue weighted by molar-refractivity contribution is 5.25. The lowest BCUT2D eigenvalue weighted by molar-refractivity contribution is -0.156. The first-order valence-electron chi connectivity index (χ1n) is 14.6. The number of rotatable bonds is 10. The van der Waals surface area contributed by atoms with E-state index >= 15 is 0 Å². The van der Waals surface area contributed by atoms with Gasteiger partial charge in [-0.1, -0.05) is 65.5 Å². The topological polar surface area (TPSA) is 27.7 Å². The van der Waals surface area contributed by atoms with E-state index in [9.17, 15) is 0 Å². The summed E-state index contributed by atoms with van der Waals surface area (Å²) in [7, 11) is 3.38. The second-order valence-corrected chi connectivity index (χ2v) is 13.4. The molecule has 0 aromatic heterocycles.